The lowest BCUT2D eigenvalue weighted by Gasteiger charge is -2.02. The molecule has 1 heterocycles. The lowest BCUT2D eigenvalue weighted by atomic mass is 10.4. The van der Waals surface area contributed by atoms with E-state index in [-0.39, 0.29) is 5.01 Å². The Labute approximate surface area is 66.5 Å². The SMILES string of the molecule is CNc1nnc(C(C)(F)F)s1. The topological polar surface area (TPSA) is 37.8 Å². The van der Waals surface area contributed by atoms with Crippen molar-refractivity contribution in [1.82, 2.24) is 10.2 Å². The molecule has 3 nitrogen and oxygen atoms in total. The highest BCUT2D eigenvalue weighted by Crippen LogP contribution is 2.30. The number of nitrogens with zero attached hydrogens (tertiary/aromatic N) is 2. The third kappa shape index (κ3) is 1.83. The van der Waals surface area contributed by atoms with Gasteiger partial charge in [0, 0.05) is 14.0 Å². The Kier molecular flexibility index (Phi) is 2.03. The Balaban J connectivity index is 2.89. The number of hydrogen-bond acceptors (Lipinski definition) is 4. The van der Waals surface area contributed by atoms with Crippen LogP contribution in [0, 0.1) is 0 Å². The number of aromatic nitrogens is 2. The summed E-state index contributed by atoms with van der Waals surface area (Å²) in [5.41, 5.74) is 0. The van der Waals surface area contributed by atoms with Crippen molar-refractivity contribution in [1.29, 1.82) is 0 Å². The number of nitrogens with one attached hydrogen (secondary N) is 1. The molecule has 11 heavy (non-hydrogen) atoms. The zero-order valence-corrected chi connectivity index (χ0v) is 6.88. The van der Waals surface area contributed by atoms with E-state index in [9.17, 15) is 8.78 Å². The van der Waals surface area contributed by atoms with Gasteiger partial charge in [-0.3, -0.25) is 0 Å². The number of anilines is 1. The molecule has 1 aromatic heterocycles. The average molecular weight is 179 g/mol. The summed E-state index contributed by atoms with van der Waals surface area (Å²) in [5.74, 6) is -2.88. The maximum atomic E-state index is 12.5. The summed E-state index contributed by atoms with van der Waals surface area (Å²) in [5, 5.41) is 9.57. The van der Waals surface area contributed by atoms with Crippen LogP contribution in [0.25, 0.3) is 0 Å². The molecule has 62 valence electrons. The van der Waals surface area contributed by atoms with Crippen LogP contribution >= 0.6 is 11.3 Å². The largest absolute Gasteiger partial charge is 0.363 e. The molecule has 0 saturated heterocycles. The van der Waals surface area contributed by atoms with Crippen molar-refractivity contribution < 1.29 is 8.78 Å². The second-order valence-electron chi connectivity index (χ2n) is 2.05. The summed E-state index contributed by atoms with van der Waals surface area (Å²) in [7, 11) is 1.61. The Bertz CT molecular complexity index is 242. The highest BCUT2D eigenvalue weighted by molar-refractivity contribution is 7.15. The quantitative estimate of drug-likeness (QED) is 0.750. The van der Waals surface area contributed by atoms with Crippen molar-refractivity contribution in [3.05, 3.63) is 5.01 Å². The van der Waals surface area contributed by atoms with Gasteiger partial charge in [0.05, 0.1) is 0 Å². The van der Waals surface area contributed by atoms with Crippen molar-refractivity contribution in [3.63, 3.8) is 0 Å². The van der Waals surface area contributed by atoms with Gasteiger partial charge in [0.25, 0.3) is 5.92 Å². The fourth-order valence-corrected chi connectivity index (χ4v) is 1.13. The highest BCUT2D eigenvalue weighted by atomic mass is 32.1. The zero-order valence-electron chi connectivity index (χ0n) is 6.06. The first kappa shape index (κ1) is 8.32. The first-order valence-corrected chi connectivity index (χ1v) is 3.75. The Morgan fingerprint density at radius 3 is 2.36 bits per heavy atom. The first-order valence-electron chi connectivity index (χ1n) is 2.93. The number of hydrogen-bond donors (Lipinski definition) is 1. The smallest absolute Gasteiger partial charge is 0.298 e. The Morgan fingerprint density at radius 2 is 2.09 bits per heavy atom. The molecular formula is C5H7F2N3S. The summed E-state index contributed by atoms with van der Waals surface area (Å²) < 4.78 is 25.0. The van der Waals surface area contributed by atoms with E-state index in [2.05, 4.69) is 15.5 Å². The lowest BCUT2D eigenvalue weighted by Crippen LogP contribution is -2.05. The molecule has 0 aliphatic heterocycles. The summed E-state index contributed by atoms with van der Waals surface area (Å²) in [4.78, 5) is 0. The molecule has 0 fully saturated rings. The van der Waals surface area contributed by atoms with Crippen molar-refractivity contribution in [3.8, 4) is 0 Å². The molecule has 0 aliphatic rings. The van der Waals surface area contributed by atoms with E-state index in [0.29, 0.717) is 5.13 Å². The van der Waals surface area contributed by atoms with Crippen LogP contribution in [0.1, 0.15) is 11.9 Å². The molecule has 0 atom stereocenters. The van der Waals surface area contributed by atoms with Crippen molar-refractivity contribution in [2.45, 2.75) is 12.8 Å². The zero-order chi connectivity index (χ0) is 8.48. The van der Waals surface area contributed by atoms with Crippen LogP contribution in [-0.4, -0.2) is 17.2 Å². The maximum absolute atomic E-state index is 12.5. The first-order chi connectivity index (χ1) is 5.04. The fourth-order valence-electron chi connectivity index (χ4n) is 0.502. The molecule has 0 bridgehead atoms. The fraction of sp³-hybridized carbons (Fsp3) is 0.600. The van der Waals surface area contributed by atoms with Crippen LogP contribution in [0.2, 0.25) is 0 Å². The van der Waals surface area contributed by atoms with Crippen molar-refractivity contribution >= 4 is 16.5 Å². The third-order valence-corrected chi connectivity index (χ3v) is 2.13. The molecular weight excluding hydrogens is 172 g/mol. The van der Waals surface area contributed by atoms with E-state index in [0.717, 1.165) is 18.3 Å². The van der Waals surface area contributed by atoms with E-state index in [1.54, 1.807) is 7.05 Å². The molecule has 0 aliphatic carbocycles. The van der Waals surface area contributed by atoms with Gasteiger partial charge in [-0.15, -0.1) is 10.2 Å². The summed E-state index contributed by atoms with van der Waals surface area (Å²) in [6.07, 6.45) is 0. The standard InChI is InChI=1S/C5H7F2N3S/c1-5(6,7)3-9-10-4(8-2)11-3/h1-2H3,(H,8,10). The van der Waals surface area contributed by atoms with Crippen molar-refractivity contribution in [2.75, 3.05) is 12.4 Å². The number of alkyl halides is 2. The van der Waals surface area contributed by atoms with Gasteiger partial charge in [-0.1, -0.05) is 11.3 Å². The van der Waals surface area contributed by atoms with Gasteiger partial charge < -0.3 is 5.32 Å². The van der Waals surface area contributed by atoms with E-state index >= 15 is 0 Å². The van der Waals surface area contributed by atoms with Gasteiger partial charge in [-0.2, -0.15) is 8.78 Å². The van der Waals surface area contributed by atoms with Gasteiger partial charge in [-0.25, -0.2) is 0 Å². The Morgan fingerprint density at radius 1 is 1.45 bits per heavy atom. The van der Waals surface area contributed by atoms with Crippen LogP contribution in [-0.2, 0) is 5.92 Å². The average Bonchev–Trinajstić information content (AvgIpc) is 2.32. The maximum Gasteiger partial charge on any atom is 0.298 e. The van der Waals surface area contributed by atoms with Gasteiger partial charge in [0.15, 0.2) is 5.01 Å². The second kappa shape index (κ2) is 2.69. The predicted octanol–water partition coefficient (Wildman–Crippen LogP) is 1.69. The van der Waals surface area contributed by atoms with Crippen LogP contribution in [0.4, 0.5) is 13.9 Å². The van der Waals surface area contributed by atoms with E-state index in [4.69, 9.17) is 0 Å². The third-order valence-electron chi connectivity index (χ3n) is 1.01. The van der Waals surface area contributed by atoms with Crippen LogP contribution in [0.3, 0.4) is 0 Å². The number of halogens is 2. The molecule has 0 radical (unpaired) electrons. The normalized spacial score (nSPS) is 11.6. The highest BCUT2D eigenvalue weighted by Gasteiger charge is 2.29. The van der Waals surface area contributed by atoms with Gasteiger partial charge >= 0.3 is 0 Å². The molecule has 0 aromatic carbocycles. The summed E-state index contributed by atoms with van der Waals surface area (Å²) >= 11 is 0.856. The van der Waals surface area contributed by atoms with Crippen LogP contribution in [0.15, 0.2) is 0 Å². The van der Waals surface area contributed by atoms with Gasteiger partial charge in [0.1, 0.15) is 0 Å². The minimum Gasteiger partial charge on any atom is -0.363 e. The van der Waals surface area contributed by atoms with Crippen LogP contribution in [0.5, 0.6) is 0 Å². The second-order valence-corrected chi connectivity index (χ2v) is 3.03. The van der Waals surface area contributed by atoms with E-state index in [1.807, 2.05) is 0 Å². The molecule has 1 aromatic rings. The Hall–Kier alpha value is -0.780. The van der Waals surface area contributed by atoms with Crippen LogP contribution < -0.4 is 5.32 Å². The molecule has 1 N–H and O–H groups in total. The minimum atomic E-state index is -2.88. The molecule has 6 heteroatoms. The van der Waals surface area contributed by atoms with Gasteiger partial charge in [-0.05, 0) is 0 Å². The lowest BCUT2D eigenvalue weighted by molar-refractivity contribution is 0.0165. The summed E-state index contributed by atoms with van der Waals surface area (Å²) in [6, 6.07) is 0. The van der Waals surface area contributed by atoms with E-state index < -0.39 is 5.92 Å². The monoisotopic (exact) mass is 179 g/mol. The molecule has 0 spiro atoms. The van der Waals surface area contributed by atoms with Crippen molar-refractivity contribution in [2.24, 2.45) is 0 Å². The molecule has 0 amide bonds. The molecule has 1 rings (SSSR count). The van der Waals surface area contributed by atoms with E-state index in [1.165, 1.54) is 0 Å². The van der Waals surface area contributed by atoms with Gasteiger partial charge in [0.2, 0.25) is 5.13 Å². The molecule has 0 unspecified atom stereocenters. The predicted molar refractivity (Wildman–Crippen MR) is 39.0 cm³/mol. The molecule has 0 saturated carbocycles. The summed E-state index contributed by atoms with van der Waals surface area (Å²) in [6.45, 7) is 0.799. The number of rotatable bonds is 2. The minimum absolute atomic E-state index is 0.262.